The maximum Gasteiger partial charge on any atom is 0.288 e. The van der Waals surface area contributed by atoms with Gasteiger partial charge in [0.1, 0.15) is 18.0 Å². The molecule has 1 saturated heterocycles. The third-order valence-electron chi connectivity index (χ3n) is 4.87. The standard InChI is InChI=1S/C18H19F3N6/c19-15-4-2-1-3-14(15)18(20,21)10-27-7-5-12(6-8-27)25-16-13-9-24-26-17(13)23-11-22-16/h1-4,9,11-12H,5-8,10H2,(H2,22,23,24,25,26). The third kappa shape index (κ3) is 3.73. The molecule has 1 aliphatic heterocycles. The highest BCUT2D eigenvalue weighted by Crippen LogP contribution is 2.32. The predicted octanol–water partition coefficient (Wildman–Crippen LogP) is 3.16. The third-order valence-corrected chi connectivity index (χ3v) is 4.87. The average Bonchev–Trinajstić information content (AvgIpc) is 3.13. The van der Waals surface area contributed by atoms with Crippen LogP contribution in [-0.4, -0.2) is 50.7 Å². The van der Waals surface area contributed by atoms with E-state index in [1.807, 2.05) is 0 Å². The second-order valence-corrected chi connectivity index (χ2v) is 6.73. The van der Waals surface area contributed by atoms with E-state index in [4.69, 9.17) is 0 Å². The number of hydrogen-bond acceptors (Lipinski definition) is 5. The molecule has 0 radical (unpaired) electrons. The fourth-order valence-corrected chi connectivity index (χ4v) is 3.43. The van der Waals surface area contributed by atoms with E-state index in [0.717, 1.165) is 17.5 Å². The summed E-state index contributed by atoms with van der Waals surface area (Å²) in [7, 11) is 0. The van der Waals surface area contributed by atoms with E-state index in [1.165, 1.54) is 18.5 Å². The zero-order chi connectivity index (χ0) is 18.9. The Labute approximate surface area is 153 Å². The molecule has 9 heteroatoms. The Bertz CT molecular complexity index is 920. The lowest BCUT2D eigenvalue weighted by molar-refractivity contribution is -0.0448. The molecule has 3 aromatic rings. The smallest absolute Gasteiger partial charge is 0.288 e. The van der Waals surface area contributed by atoms with E-state index >= 15 is 0 Å². The number of halogens is 3. The molecule has 27 heavy (non-hydrogen) atoms. The van der Waals surface area contributed by atoms with Crippen molar-refractivity contribution in [2.75, 3.05) is 25.0 Å². The van der Waals surface area contributed by atoms with Crippen molar-refractivity contribution in [3.05, 3.63) is 48.2 Å². The van der Waals surface area contributed by atoms with Crippen LogP contribution in [0.25, 0.3) is 11.0 Å². The van der Waals surface area contributed by atoms with Crippen molar-refractivity contribution in [2.24, 2.45) is 0 Å². The number of likely N-dealkylation sites (tertiary alicyclic amines) is 1. The van der Waals surface area contributed by atoms with E-state index < -0.39 is 23.8 Å². The van der Waals surface area contributed by atoms with Crippen LogP contribution in [0.1, 0.15) is 18.4 Å². The molecule has 6 nitrogen and oxygen atoms in total. The lowest BCUT2D eigenvalue weighted by Crippen LogP contribution is -2.44. The van der Waals surface area contributed by atoms with Gasteiger partial charge in [0.15, 0.2) is 5.65 Å². The lowest BCUT2D eigenvalue weighted by atomic mass is 10.0. The fraction of sp³-hybridized carbons (Fsp3) is 0.389. The quantitative estimate of drug-likeness (QED) is 0.716. The van der Waals surface area contributed by atoms with E-state index in [9.17, 15) is 13.2 Å². The molecule has 1 aromatic carbocycles. The first-order chi connectivity index (χ1) is 13.0. The van der Waals surface area contributed by atoms with Gasteiger partial charge in [-0.1, -0.05) is 18.2 Å². The van der Waals surface area contributed by atoms with Gasteiger partial charge in [0, 0.05) is 19.1 Å². The molecule has 1 aliphatic rings. The number of anilines is 1. The molecule has 2 aromatic heterocycles. The summed E-state index contributed by atoms with van der Waals surface area (Å²) >= 11 is 0. The molecule has 0 amide bonds. The van der Waals surface area contributed by atoms with Gasteiger partial charge >= 0.3 is 0 Å². The number of nitrogens with one attached hydrogen (secondary N) is 2. The molecule has 1 fully saturated rings. The van der Waals surface area contributed by atoms with Crippen LogP contribution in [0.4, 0.5) is 19.0 Å². The highest BCUT2D eigenvalue weighted by atomic mass is 19.3. The highest BCUT2D eigenvalue weighted by Gasteiger charge is 2.37. The minimum Gasteiger partial charge on any atom is -0.367 e. The number of alkyl halides is 2. The highest BCUT2D eigenvalue weighted by molar-refractivity contribution is 5.85. The second kappa shape index (κ2) is 7.15. The molecule has 4 rings (SSSR count). The molecule has 0 spiro atoms. The molecule has 142 valence electrons. The monoisotopic (exact) mass is 376 g/mol. The molecule has 0 bridgehead atoms. The van der Waals surface area contributed by atoms with E-state index in [0.29, 0.717) is 37.4 Å². The van der Waals surface area contributed by atoms with Crippen molar-refractivity contribution in [3.8, 4) is 0 Å². The van der Waals surface area contributed by atoms with Gasteiger partial charge in [0.2, 0.25) is 0 Å². The minimum atomic E-state index is -3.22. The van der Waals surface area contributed by atoms with Crippen LogP contribution >= 0.6 is 0 Å². The Morgan fingerprint density at radius 2 is 1.96 bits per heavy atom. The molecular formula is C18H19F3N6. The van der Waals surface area contributed by atoms with Crippen LogP contribution in [0.15, 0.2) is 36.8 Å². The SMILES string of the molecule is Fc1ccccc1C(F)(F)CN1CCC(Nc2ncnc3[nH]ncc23)CC1. The summed E-state index contributed by atoms with van der Waals surface area (Å²) in [6, 6.07) is 5.18. The van der Waals surface area contributed by atoms with Gasteiger partial charge in [0.05, 0.1) is 23.7 Å². The van der Waals surface area contributed by atoms with E-state index in [1.54, 1.807) is 11.1 Å². The summed E-state index contributed by atoms with van der Waals surface area (Å²) < 4.78 is 42.6. The number of benzene rings is 1. The molecule has 0 saturated carbocycles. The molecule has 2 N–H and O–H groups in total. The molecule has 3 heterocycles. The minimum absolute atomic E-state index is 0.122. The van der Waals surface area contributed by atoms with Crippen molar-refractivity contribution in [1.82, 2.24) is 25.1 Å². The predicted molar refractivity (Wildman–Crippen MR) is 95.1 cm³/mol. The molecule has 0 aliphatic carbocycles. The van der Waals surface area contributed by atoms with Crippen molar-refractivity contribution in [1.29, 1.82) is 0 Å². The molecular weight excluding hydrogens is 357 g/mol. The first kappa shape index (κ1) is 17.7. The maximum absolute atomic E-state index is 14.5. The van der Waals surface area contributed by atoms with Crippen molar-refractivity contribution in [3.63, 3.8) is 0 Å². The Balaban J connectivity index is 1.36. The zero-order valence-electron chi connectivity index (χ0n) is 14.5. The topological polar surface area (TPSA) is 69.7 Å². The Kier molecular flexibility index (Phi) is 4.69. The summed E-state index contributed by atoms with van der Waals surface area (Å²) in [5, 5.41) is 10.9. The number of rotatable bonds is 5. The Morgan fingerprint density at radius 3 is 2.74 bits per heavy atom. The zero-order valence-corrected chi connectivity index (χ0v) is 14.5. The Hall–Kier alpha value is -2.68. The first-order valence-electron chi connectivity index (χ1n) is 8.79. The van der Waals surface area contributed by atoms with Crippen molar-refractivity contribution < 1.29 is 13.2 Å². The molecule has 0 unspecified atom stereocenters. The number of piperidine rings is 1. The summed E-state index contributed by atoms with van der Waals surface area (Å²) in [4.78, 5) is 10.0. The lowest BCUT2D eigenvalue weighted by Gasteiger charge is -2.34. The average molecular weight is 376 g/mol. The van der Waals surface area contributed by atoms with Crippen molar-refractivity contribution >= 4 is 16.9 Å². The first-order valence-corrected chi connectivity index (χ1v) is 8.79. The number of aromatic nitrogens is 4. The second-order valence-electron chi connectivity index (χ2n) is 6.73. The Morgan fingerprint density at radius 1 is 1.19 bits per heavy atom. The van der Waals surface area contributed by atoms with Gasteiger partial charge in [-0.15, -0.1) is 0 Å². The largest absolute Gasteiger partial charge is 0.367 e. The molecule has 0 atom stereocenters. The summed E-state index contributed by atoms with van der Waals surface area (Å²) in [5.41, 5.74) is 0.100. The van der Waals surface area contributed by atoms with E-state index in [-0.39, 0.29) is 6.04 Å². The summed E-state index contributed by atoms with van der Waals surface area (Å²) in [6.07, 6.45) is 4.49. The van der Waals surface area contributed by atoms with Gasteiger partial charge in [-0.3, -0.25) is 10.00 Å². The van der Waals surface area contributed by atoms with Gasteiger partial charge in [0.25, 0.3) is 5.92 Å². The van der Waals surface area contributed by atoms with Gasteiger partial charge in [-0.2, -0.15) is 13.9 Å². The number of nitrogens with zero attached hydrogens (tertiary/aromatic N) is 4. The van der Waals surface area contributed by atoms with Gasteiger partial charge < -0.3 is 5.32 Å². The van der Waals surface area contributed by atoms with Crippen LogP contribution in [0.5, 0.6) is 0 Å². The number of fused-ring (bicyclic) bond motifs is 1. The normalized spacial score (nSPS) is 16.7. The van der Waals surface area contributed by atoms with Crippen LogP contribution in [0.2, 0.25) is 0 Å². The summed E-state index contributed by atoms with van der Waals surface area (Å²) in [5.74, 6) is -3.41. The van der Waals surface area contributed by atoms with Crippen LogP contribution in [0.3, 0.4) is 0 Å². The van der Waals surface area contributed by atoms with Gasteiger partial charge in [-0.05, 0) is 18.9 Å². The van der Waals surface area contributed by atoms with Gasteiger partial charge in [-0.25, -0.2) is 14.4 Å². The van der Waals surface area contributed by atoms with Crippen LogP contribution < -0.4 is 5.32 Å². The van der Waals surface area contributed by atoms with Crippen LogP contribution in [-0.2, 0) is 5.92 Å². The number of aromatic amines is 1. The van der Waals surface area contributed by atoms with Crippen LogP contribution in [0, 0.1) is 5.82 Å². The number of hydrogen-bond donors (Lipinski definition) is 2. The fourth-order valence-electron chi connectivity index (χ4n) is 3.43. The summed E-state index contributed by atoms with van der Waals surface area (Å²) in [6.45, 7) is 0.517. The van der Waals surface area contributed by atoms with E-state index in [2.05, 4.69) is 25.5 Å². The maximum atomic E-state index is 14.5. The number of H-pyrrole nitrogens is 1. The van der Waals surface area contributed by atoms with Crippen molar-refractivity contribution in [2.45, 2.75) is 24.8 Å².